The van der Waals surface area contributed by atoms with Gasteiger partial charge in [0.05, 0.1) is 5.56 Å². The van der Waals surface area contributed by atoms with E-state index in [2.05, 4.69) is 0 Å². The number of nitrogens with zero attached hydrogens (tertiary/aromatic N) is 1. The first-order valence-corrected chi connectivity index (χ1v) is 6.22. The van der Waals surface area contributed by atoms with Gasteiger partial charge in [0, 0.05) is 13.1 Å². The van der Waals surface area contributed by atoms with Gasteiger partial charge in [-0.2, -0.15) is 0 Å². The van der Waals surface area contributed by atoms with Crippen molar-refractivity contribution in [3.8, 4) is 0 Å². The summed E-state index contributed by atoms with van der Waals surface area (Å²) in [7, 11) is 1.78. The normalized spacial score (nSPS) is 16.8. The minimum Gasteiger partial charge on any atom is -0.339 e. The molecule has 1 fully saturated rings. The van der Waals surface area contributed by atoms with Gasteiger partial charge in [-0.15, -0.1) is 0 Å². The Hall–Kier alpha value is -1.38. The molecule has 0 spiro atoms. The average Bonchev–Trinajstić information content (AvgIpc) is 2.39. The number of carbonyl (C=O) groups is 1. The first-order chi connectivity index (χ1) is 8.20. The monoisotopic (exact) mass is 235 g/mol. The van der Waals surface area contributed by atoms with Crippen LogP contribution in [0.2, 0.25) is 0 Å². The fraction of sp³-hybridized carbons (Fsp3) is 0.500. The van der Waals surface area contributed by atoms with Crippen LogP contribution in [0.25, 0.3) is 0 Å². The lowest BCUT2D eigenvalue weighted by Gasteiger charge is -2.31. The molecule has 1 aromatic carbocycles. The molecule has 1 saturated carbocycles. The predicted octanol–water partition coefficient (Wildman–Crippen LogP) is 3.23. The Bertz CT molecular complexity index is 399. The Morgan fingerprint density at radius 1 is 1.24 bits per heavy atom. The van der Waals surface area contributed by atoms with Gasteiger partial charge in [0.15, 0.2) is 0 Å². The molecule has 1 amide bonds. The molecule has 0 aromatic heterocycles. The molecule has 17 heavy (non-hydrogen) atoms. The predicted molar refractivity (Wildman–Crippen MR) is 65.4 cm³/mol. The maximum atomic E-state index is 13.5. The van der Waals surface area contributed by atoms with E-state index in [0.717, 1.165) is 12.8 Å². The Labute approximate surface area is 101 Å². The Kier molecular flexibility index (Phi) is 3.77. The SMILES string of the molecule is CN(C(=O)c1ccccc1F)C1CCCCC1. The highest BCUT2D eigenvalue weighted by Gasteiger charge is 2.24. The molecule has 1 aliphatic rings. The molecule has 92 valence electrons. The van der Waals surface area contributed by atoms with E-state index in [9.17, 15) is 9.18 Å². The fourth-order valence-electron chi connectivity index (χ4n) is 2.46. The molecule has 0 unspecified atom stereocenters. The second kappa shape index (κ2) is 5.30. The van der Waals surface area contributed by atoms with Gasteiger partial charge in [0.2, 0.25) is 0 Å². The minimum atomic E-state index is -0.430. The van der Waals surface area contributed by atoms with Crippen LogP contribution in [-0.4, -0.2) is 23.9 Å². The molecule has 0 aliphatic heterocycles. The molecule has 0 bridgehead atoms. The summed E-state index contributed by atoms with van der Waals surface area (Å²) < 4.78 is 13.5. The third-order valence-corrected chi connectivity index (χ3v) is 3.55. The maximum Gasteiger partial charge on any atom is 0.256 e. The van der Waals surface area contributed by atoms with Gasteiger partial charge in [-0.1, -0.05) is 31.4 Å². The van der Waals surface area contributed by atoms with Crippen molar-refractivity contribution in [1.29, 1.82) is 0 Å². The van der Waals surface area contributed by atoms with Crippen LogP contribution < -0.4 is 0 Å². The maximum absolute atomic E-state index is 13.5. The smallest absolute Gasteiger partial charge is 0.256 e. The van der Waals surface area contributed by atoms with E-state index in [1.54, 1.807) is 30.1 Å². The number of halogens is 1. The molecule has 1 aliphatic carbocycles. The lowest BCUT2D eigenvalue weighted by molar-refractivity contribution is 0.0691. The molecule has 0 radical (unpaired) electrons. The number of carbonyl (C=O) groups excluding carboxylic acids is 1. The van der Waals surface area contributed by atoms with E-state index in [0.29, 0.717) is 0 Å². The van der Waals surface area contributed by atoms with Crippen molar-refractivity contribution in [2.75, 3.05) is 7.05 Å². The number of benzene rings is 1. The molecule has 0 heterocycles. The highest BCUT2D eigenvalue weighted by Crippen LogP contribution is 2.23. The first kappa shape index (κ1) is 12.1. The highest BCUT2D eigenvalue weighted by atomic mass is 19.1. The van der Waals surface area contributed by atoms with Crippen molar-refractivity contribution in [2.45, 2.75) is 38.1 Å². The molecule has 0 N–H and O–H groups in total. The second-order valence-corrected chi connectivity index (χ2v) is 4.69. The van der Waals surface area contributed by atoms with Crippen LogP contribution in [-0.2, 0) is 0 Å². The topological polar surface area (TPSA) is 20.3 Å². The number of hydrogen-bond acceptors (Lipinski definition) is 1. The van der Waals surface area contributed by atoms with Gasteiger partial charge in [0.1, 0.15) is 5.82 Å². The third-order valence-electron chi connectivity index (χ3n) is 3.55. The van der Waals surface area contributed by atoms with Gasteiger partial charge in [-0.05, 0) is 25.0 Å². The van der Waals surface area contributed by atoms with E-state index in [-0.39, 0.29) is 17.5 Å². The Morgan fingerprint density at radius 2 is 1.88 bits per heavy atom. The molecule has 2 nitrogen and oxygen atoms in total. The van der Waals surface area contributed by atoms with Crippen LogP contribution in [0.15, 0.2) is 24.3 Å². The summed E-state index contributed by atoms with van der Waals surface area (Å²) in [5, 5.41) is 0. The lowest BCUT2D eigenvalue weighted by atomic mass is 9.94. The summed E-state index contributed by atoms with van der Waals surface area (Å²) in [5.74, 6) is -0.629. The first-order valence-electron chi connectivity index (χ1n) is 6.22. The standard InChI is InChI=1S/C14H18FNO/c1-16(11-7-3-2-4-8-11)14(17)12-9-5-6-10-13(12)15/h5-6,9-11H,2-4,7-8H2,1H3. The minimum absolute atomic E-state index is 0.181. The number of rotatable bonds is 2. The van der Waals surface area contributed by atoms with E-state index in [4.69, 9.17) is 0 Å². The summed E-state index contributed by atoms with van der Waals surface area (Å²) in [5.41, 5.74) is 0.181. The molecule has 2 rings (SSSR count). The van der Waals surface area contributed by atoms with E-state index in [1.165, 1.54) is 25.3 Å². The average molecular weight is 235 g/mol. The molecule has 1 aromatic rings. The summed E-state index contributed by atoms with van der Waals surface area (Å²) in [6.45, 7) is 0. The number of hydrogen-bond donors (Lipinski definition) is 0. The van der Waals surface area contributed by atoms with Gasteiger partial charge < -0.3 is 4.90 Å². The van der Waals surface area contributed by atoms with Gasteiger partial charge >= 0.3 is 0 Å². The summed E-state index contributed by atoms with van der Waals surface area (Å²) in [4.78, 5) is 13.9. The fourth-order valence-corrected chi connectivity index (χ4v) is 2.46. The van der Waals surface area contributed by atoms with Crippen molar-refractivity contribution < 1.29 is 9.18 Å². The molecular weight excluding hydrogens is 217 g/mol. The molecule has 0 atom stereocenters. The van der Waals surface area contributed by atoms with Crippen LogP contribution in [0, 0.1) is 5.82 Å². The van der Waals surface area contributed by atoms with E-state index >= 15 is 0 Å². The second-order valence-electron chi connectivity index (χ2n) is 4.69. The zero-order valence-electron chi connectivity index (χ0n) is 10.2. The van der Waals surface area contributed by atoms with Crippen LogP contribution >= 0.6 is 0 Å². The highest BCUT2D eigenvalue weighted by molar-refractivity contribution is 5.94. The van der Waals surface area contributed by atoms with E-state index < -0.39 is 5.82 Å². The third kappa shape index (κ3) is 2.65. The molecule has 0 saturated heterocycles. The number of amides is 1. The van der Waals surface area contributed by atoms with E-state index in [1.807, 2.05) is 0 Å². The van der Waals surface area contributed by atoms with Crippen LogP contribution in [0.1, 0.15) is 42.5 Å². The van der Waals surface area contributed by atoms with Crippen molar-refractivity contribution in [3.05, 3.63) is 35.6 Å². The van der Waals surface area contributed by atoms with Crippen molar-refractivity contribution >= 4 is 5.91 Å². The Morgan fingerprint density at radius 3 is 2.53 bits per heavy atom. The largest absolute Gasteiger partial charge is 0.339 e. The lowest BCUT2D eigenvalue weighted by Crippen LogP contribution is -2.38. The Balaban J connectivity index is 2.11. The van der Waals surface area contributed by atoms with Crippen molar-refractivity contribution in [3.63, 3.8) is 0 Å². The van der Waals surface area contributed by atoms with Gasteiger partial charge in [-0.25, -0.2) is 4.39 Å². The van der Waals surface area contributed by atoms with Crippen LogP contribution in [0.3, 0.4) is 0 Å². The summed E-state index contributed by atoms with van der Waals surface area (Å²) in [6.07, 6.45) is 5.66. The quantitative estimate of drug-likeness (QED) is 0.770. The van der Waals surface area contributed by atoms with Crippen LogP contribution in [0.5, 0.6) is 0 Å². The summed E-state index contributed by atoms with van der Waals surface area (Å²) in [6, 6.07) is 6.47. The zero-order valence-corrected chi connectivity index (χ0v) is 10.2. The van der Waals surface area contributed by atoms with Crippen LogP contribution in [0.4, 0.5) is 4.39 Å². The molecule has 3 heteroatoms. The van der Waals surface area contributed by atoms with Gasteiger partial charge in [-0.3, -0.25) is 4.79 Å². The summed E-state index contributed by atoms with van der Waals surface area (Å²) >= 11 is 0. The van der Waals surface area contributed by atoms with Crippen molar-refractivity contribution in [1.82, 2.24) is 4.90 Å². The molecular formula is C14H18FNO. The zero-order chi connectivity index (χ0) is 12.3. The van der Waals surface area contributed by atoms with Gasteiger partial charge in [0.25, 0.3) is 5.91 Å². The van der Waals surface area contributed by atoms with Crippen molar-refractivity contribution in [2.24, 2.45) is 0 Å².